The van der Waals surface area contributed by atoms with Gasteiger partial charge in [0.25, 0.3) is 0 Å². The summed E-state index contributed by atoms with van der Waals surface area (Å²) in [6.07, 6.45) is 2.90. The van der Waals surface area contributed by atoms with Crippen LogP contribution in [0, 0.1) is 0 Å². The third-order valence-corrected chi connectivity index (χ3v) is 2.84. The summed E-state index contributed by atoms with van der Waals surface area (Å²) in [5.41, 5.74) is 1.15. The van der Waals surface area contributed by atoms with Crippen LogP contribution in [0.4, 0.5) is 5.82 Å². The first-order valence-electron chi connectivity index (χ1n) is 6.82. The fourth-order valence-electron chi connectivity index (χ4n) is 1.90. The Hall–Kier alpha value is -1.17. The van der Waals surface area contributed by atoms with Gasteiger partial charge in [0, 0.05) is 38.5 Å². The molecule has 0 radical (unpaired) electrons. The highest BCUT2D eigenvalue weighted by atomic mass is 16.5. The maximum atomic E-state index is 9.18. The highest BCUT2D eigenvalue weighted by Gasteiger charge is 2.11. The third-order valence-electron chi connectivity index (χ3n) is 2.84. The van der Waals surface area contributed by atoms with Crippen molar-refractivity contribution in [3.63, 3.8) is 0 Å². The molecule has 0 bridgehead atoms. The first kappa shape index (κ1) is 15.9. The Labute approximate surface area is 115 Å². The van der Waals surface area contributed by atoms with Crippen molar-refractivity contribution in [2.24, 2.45) is 0 Å². The van der Waals surface area contributed by atoms with E-state index in [0.29, 0.717) is 13.2 Å². The molecule has 108 valence electrons. The monoisotopic (exact) mass is 267 g/mol. The number of aliphatic hydroxyl groups excluding tert-OH is 1. The summed E-state index contributed by atoms with van der Waals surface area (Å²) in [7, 11) is 1.68. The average molecular weight is 267 g/mol. The molecule has 5 heteroatoms. The summed E-state index contributed by atoms with van der Waals surface area (Å²) in [6.45, 7) is 5.97. The van der Waals surface area contributed by atoms with Crippen LogP contribution in [-0.4, -0.2) is 50.0 Å². The van der Waals surface area contributed by atoms with Gasteiger partial charge in [-0.15, -0.1) is 0 Å². The lowest BCUT2D eigenvalue weighted by atomic mass is 10.2. The largest absolute Gasteiger partial charge is 0.395 e. The number of aliphatic hydroxyl groups is 1. The van der Waals surface area contributed by atoms with Gasteiger partial charge in [-0.3, -0.25) is 0 Å². The number of methoxy groups -OCH3 is 1. The average Bonchev–Trinajstić information content (AvgIpc) is 2.44. The lowest BCUT2D eigenvalue weighted by Crippen LogP contribution is -2.32. The van der Waals surface area contributed by atoms with Gasteiger partial charge in [-0.2, -0.15) is 0 Å². The maximum Gasteiger partial charge on any atom is 0.133 e. The Kier molecular flexibility index (Phi) is 8.13. The van der Waals surface area contributed by atoms with Gasteiger partial charge in [0.05, 0.1) is 13.2 Å². The minimum absolute atomic E-state index is 0.113. The number of anilines is 1. The number of pyridine rings is 1. The molecule has 0 aliphatic heterocycles. The molecule has 0 fully saturated rings. The van der Waals surface area contributed by atoms with E-state index in [2.05, 4.69) is 28.2 Å². The van der Waals surface area contributed by atoms with E-state index in [9.17, 15) is 5.11 Å². The quantitative estimate of drug-likeness (QED) is 0.620. The number of hydrogen-bond donors (Lipinski definition) is 2. The van der Waals surface area contributed by atoms with Crippen molar-refractivity contribution >= 4 is 5.82 Å². The van der Waals surface area contributed by atoms with Gasteiger partial charge in [-0.1, -0.05) is 13.0 Å². The molecule has 1 aromatic heterocycles. The molecule has 19 heavy (non-hydrogen) atoms. The standard InChI is InChI=1S/C14H25N3O2/c1-3-6-15-12-13-5-4-7-16-14(13)17(8-10-18)9-11-19-2/h4-5,7,15,18H,3,6,8-12H2,1-2H3. The minimum atomic E-state index is 0.113. The molecule has 1 aromatic rings. The van der Waals surface area contributed by atoms with Gasteiger partial charge in [0.2, 0.25) is 0 Å². The number of hydrogen-bond acceptors (Lipinski definition) is 5. The predicted molar refractivity (Wildman–Crippen MR) is 77.4 cm³/mol. The summed E-state index contributed by atoms with van der Waals surface area (Å²) in [5, 5.41) is 12.6. The third kappa shape index (κ3) is 5.55. The van der Waals surface area contributed by atoms with E-state index in [1.54, 1.807) is 13.3 Å². The second-order valence-electron chi connectivity index (χ2n) is 4.37. The van der Waals surface area contributed by atoms with Crippen LogP contribution in [0.3, 0.4) is 0 Å². The number of nitrogens with zero attached hydrogens (tertiary/aromatic N) is 2. The van der Waals surface area contributed by atoms with Crippen molar-refractivity contribution in [1.29, 1.82) is 0 Å². The van der Waals surface area contributed by atoms with Crippen molar-refractivity contribution in [2.45, 2.75) is 19.9 Å². The zero-order valence-corrected chi connectivity index (χ0v) is 11.9. The predicted octanol–water partition coefficient (Wildman–Crippen LogP) is 1.03. The molecular weight excluding hydrogens is 242 g/mol. The van der Waals surface area contributed by atoms with Crippen molar-refractivity contribution in [3.05, 3.63) is 23.9 Å². The lowest BCUT2D eigenvalue weighted by Gasteiger charge is -2.24. The molecule has 0 atom stereocenters. The van der Waals surface area contributed by atoms with Crippen LogP contribution in [0.1, 0.15) is 18.9 Å². The van der Waals surface area contributed by atoms with Crippen molar-refractivity contribution in [2.75, 3.05) is 44.9 Å². The van der Waals surface area contributed by atoms with E-state index in [1.165, 1.54) is 0 Å². The number of ether oxygens (including phenoxy) is 1. The fourth-order valence-corrected chi connectivity index (χ4v) is 1.90. The van der Waals surface area contributed by atoms with E-state index >= 15 is 0 Å². The summed E-state index contributed by atoms with van der Waals surface area (Å²) >= 11 is 0. The van der Waals surface area contributed by atoms with E-state index < -0.39 is 0 Å². The summed E-state index contributed by atoms with van der Waals surface area (Å²) in [6, 6.07) is 4.02. The number of rotatable bonds is 10. The summed E-state index contributed by atoms with van der Waals surface area (Å²) in [5.74, 6) is 0.928. The Morgan fingerprint density at radius 1 is 1.42 bits per heavy atom. The molecule has 0 unspecified atom stereocenters. The molecule has 0 spiro atoms. The molecule has 0 saturated heterocycles. The Bertz CT molecular complexity index is 347. The van der Waals surface area contributed by atoms with Crippen LogP contribution in [-0.2, 0) is 11.3 Å². The summed E-state index contributed by atoms with van der Waals surface area (Å²) in [4.78, 5) is 6.51. The van der Waals surface area contributed by atoms with E-state index in [4.69, 9.17) is 4.74 Å². The van der Waals surface area contributed by atoms with Crippen molar-refractivity contribution < 1.29 is 9.84 Å². The van der Waals surface area contributed by atoms with Gasteiger partial charge in [0.15, 0.2) is 0 Å². The van der Waals surface area contributed by atoms with Crippen LogP contribution in [0.25, 0.3) is 0 Å². The van der Waals surface area contributed by atoms with Crippen molar-refractivity contribution in [1.82, 2.24) is 10.3 Å². The molecule has 1 heterocycles. The van der Waals surface area contributed by atoms with E-state index in [1.807, 2.05) is 6.07 Å². The second kappa shape index (κ2) is 9.72. The molecule has 5 nitrogen and oxygen atoms in total. The lowest BCUT2D eigenvalue weighted by molar-refractivity contribution is 0.202. The molecule has 0 aromatic carbocycles. The van der Waals surface area contributed by atoms with Gasteiger partial charge in [-0.05, 0) is 19.0 Å². The van der Waals surface area contributed by atoms with Crippen LogP contribution < -0.4 is 10.2 Å². The smallest absolute Gasteiger partial charge is 0.133 e. The topological polar surface area (TPSA) is 57.6 Å². The molecule has 1 rings (SSSR count). The normalized spacial score (nSPS) is 10.7. The van der Waals surface area contributed by atoms with Gasteiger partial charge in [-0.25, -0.2) is 4.98 Å². The minimum Gasteiger partial charge on any atom is -0.395 e. The van der Waals surface area contributed by atoms with E-state index in [0.717, 1.165) is 37.4 Å². The number of nitrogens with one attached hydrogen (secondary N) is 1. The van der Waals surface area contributed by atoms with Crippen molar-refractivity contribution in [3.8, 4) is 0 Å². The summed E-state index contributed by atoms with van der Waals surface area (Å²) < 4.78 is 5.11. The zero-order chi connectivity index (χ0) is 13.9. The van der Waals surface area contributed by atoms with Crippen LogP contribution in [0.5, 0.6) is 0 Å². The molecule has 2 N–H and O–H groups in total. The Balaban J connectivity index is 2.75. The fraction of sp³-hybridized carbons (Fsp3) is 0.643. The van der Waals surface area contributed by atoms with Gasteiger partial charge < -0.3 is 20.1 Å². The number of aromatic nitrogens is 1. The van der Waals surface area contributed by atoms with Gasteiger partial charge >= 0.3 is 0 Å². The highest BCUT2D eigenvalue weighted by molar-refractivity contribution is 5.46. The van der Waals surface area contributed by atoms with Crippen LogP contribution in [0.15, 0.2) is 18.3 Å². The maximum absolute atomic E-state index is 9.18. The molecule has 0 aliphatic rings. The second-order valence-corrected chi connectivity index (χ2v) is 4.37. The molecular formula is C14H25N3O2. The zero-order valence-electron chi connectivity index (χ0n) is 11.9. The SMILES string of the molecule is CCCNCc1cccnc1N(CCO)CCOC. The molecule has 0 saturated carbocycles. The molecule has 0 amide bonds. The first-order chi connectivity index (χ1) is 9.33. The Morgan fingerprint density at radius 3 is 2.95 bits per heavy atom. The van der Waals surface area contributed by atoms with Crippen LogP contribution in [0.2, 0.25) is 0 Å². The van der Waals surface area contributed by atoms with E-state index in [-0.39, 0.29) is 6.61 Å². The van der Waals surface area contributed by atoms with Gasteiger partial charge in [0.1, 0.15) is 5.82 Å². The highest BCUT2D eigenvalue weighted by Crippen LogP contribution is 2.16. The molecule has 0 aliphatic carbocycles. The Morgan fingerprint density at radius 2 is 2.26 bits per heavy atom. The van der Waals surface area contributed by atoms with Crippen LogP contribution >= 0.6 is 0 Å². The first-order valence-corrected chi connectivity index (χ1v) is 6.82.